The molecule has 0 spiro atoms. The lowest BCUT2D eigenvalue weighted by Crippen LogP contribution is -2.30. The van der Waals surface area contributed by atoms with Crippen LogP contribution in [0.2, 0.25) is 0 Å². The highest BCUT2D eigenvalue weighted by atomic mass is 16.6. The number of hydrogen-bond acceptors (Lipinski definition) is 6. The Bertz CT molecular complexity index is 1310. The molecule has 0 atom stereocenters. The smallest absolute Gasteiger partial charge is 0.254 e. The Morgan fingerprint density at radius 1 is 0.912 bits per heavy atom. The first-order valence-electron chi connectivity index (χ1n) is 11.3. The molecular weight excluding hydrogens is 430 g/mol. The molecule has 0 fully saturated rings. The van der Waals surface area contributed by atoms with Crippen LogP contribution in [-0.2, 0) is 6.54 Å². The minimum absolute atomic E-state index is 0.0608. The van der Waals surface area contributed by atoms with Crippen molar-refractivity contribution in [3.8, 4) is 34.4 Å². The van der Waals surface area contributed by atoms with Crippen LogP contribution >= 0.6 is 0 Å². The zero-order valence-corrected chi connectivity index (χ0v) is 19.2. The number of ether oxygens (including phenoxy) is 2. The van der Waals surface area contributed by atoms with E-state index in [0.717, 1.165) is 33.8 Å². The molecule has 1 aromatic heterocycles. The number of para-hydroxylation sites is 1. The summed E-state index contributed by atoms with van der Waals surface area (Å²) >= 11 is 0. The fraction of sp³-hybridized carbons (Fsp3) is 0.222. The van der Waals surface area contributed by atoms with Gasteiger partial charge in [0.25, 0.3) is 5.91 Å². The molecule has 0 N–H and O–H groups in total. The second-order valence-corrected chi connectivity index (χ2v) is 8.12. The Hall–Kier alpha value is -4.13. The molecule has 3 aromatic carbocycles. The van der Waals surface area contributed by atoms with Crippen LogP contribution in [0.25, 0.3) is 22.9 Å². The third-order valence-electron chi connectivity index (χ3n) is 5.75. The van der Waals surface area contributed by atoms with E-state index in [4.69, 9.17) is 13.9 Å². The van der Waals surface area contributed by atoms with Crippen LogP contribution in [0.15, 0.2) is 71.1 Å². The van der Waals surface area contributed by atoms with Crippen LogP contribution in [0.4, 0.5) is 0 Å². The minimum Gasteiger partial charge on any atom is -0.486 e. The molecule has 4 aromatic rings. The van der Waals surface area contributed by atoms with Crippen LogP contribution in [0.1, 0.15) is 28.4 Å². The van der Waals surface area contributed by atoms with Crippen LogP contribution in [-0.4, -0.2) is 40.8 Å². The summed E-state index contributed by atoms with van der Waals surface area (Å²) in [5.74, 6) is 2.26. The number of aryl methyl sites for hydroxylation is 1. The van der Waals surface area contributed by atoms with Gasteiger partial charge in [-0.05, 0) is 56.3 Å². The van der Waals surface area contributed by atoms with Gasteiger partial charge in [-0.3, -0.25) is 4.79 Å². The minimum atomic E-state index is -0.0608. The van der Waals surface area contributed by atoms with E-state index in [-0.39, 0.29) is 5.91 Å². The van der Waals surface area contributed by atoms with Crippen molar-refractivity contribution in [1.29, 1.82) is 0 Å². The van der Waals surface area contributed by atoms with Gasteiger partial charge in [0, 0.05) is 35.3 Å². The number of aromatic nitrogens is 2. The molecule has 0 radical (unpaired) electrons. The second kappa shape index (κ2) is 9.39. The lowest BCUT2D eigenvalue weighted by molar-refractivity contribution is 0.0749. The Labute approximate surface area is 198 Å². The summed E-state index contributed by atoms with van der Waals surface area (Å²) in [4.78, 5) is 15.0. The number of carbonyl (C=O) groups is 1. The monoisotopic (exact) mass is 455 g/mol. The van der Waals surface area contributed by atoms with Crippen molar-refractivity contribution in [3.05, 3.63) is 83.4 Å². The zero-order valence-electron chi connectivity index (χ0n) is 19.2. The zero-order chi connectivity index (χ0) is 23.5. The van der Waals surface area contributed by atoms with E-state index >= 15 is 0 Å². The highest BCUT2D eigenvalue weighted by Crippen LogP contribution is 2.34. The summed E-state index contributed by atoms with van der Waals surface area (Å²) in [5, 5.41) is 8.35. The molecule has 172 valence electrons. The third kappa shape index (κ3) is 4.37. The van der Waals surface area contributed by atoms with Gasteiger partial charge in [0.15, 0.2) is 11.5 Å². The second-order valence-electron chi connectivity index (χ2n) is 8.12. The predicted octanol–water partition coefficient (Wildman–Crippen LogP) is 5.15. The van der Waals surface area contributed by atoms with Gasteiger partial charge in [-0.2, -0.15) is 0 Å². The molecule has 0 unspecified atom stereocenters. The van der Waals surface area contributed by atoms with Gasteiger partial charge in [-0.25, -0.2) is 0 Å². The van der Waals surface area contributed by atoms with E-state index in [1.54, 1.807) is 17.0 Å². The molecule has 7 heteroatoms. The number of carbonyl (C=O) groups excluding carboxylic acids is 1. The molecule has 1 aliphatic heterocycles. The van der Waals surface area contributed by atoms with Gasteiger partial charge in [-0.15, -0.1) is 10.2 Å². The van der Waals surface area contributed by atoms with Crippen molar-refractivity contribution in [3.63, 3.8) is 0 Å². The molecule has 34 heavy (non-hydrogen) atoms. The molecule has 0 saturated carbocycles. The summed E-state index contributed by atoms with van der Waals surface area (Å²) in [6, 6.07) is 20.9. The number of hydrogen-bond donors (Lipinski definition) is 0. The van der Waals surface area contributed by atoms with Gasteiger partial charge in [0.05, 0.1) is 0 Å². The number of fused-ring (bicyclic) bond motifs is 1. The quantitative estimate of drug-likeness (QED) is 0.400. The van der Waals surface area contributed by atoms with Gasteiger partial charge >= 0.3 is 0 Å². The molecule has 1 amide bonds. The maximum Gasteiger partial charge on any atom is 0.254 e. The van der Waals surface area contributed by atoms with Crippen molar-refractivity contribution in [2.45, 2.75) is 20.4 Å². The summed E-state index contributed by atoms with van der Waals surface area (Å²) in [7, 11) is 0. The van der Waals surface area contributed by atoms with Crippen LogP contribution in [0, 0.1) is 6.92 Å². The Morgan fingerprint density at radius 2 is 1.65 bits per heavy atom. The highest BCUT2D eigenvalue weighted by molar-refractivity contribution is 5.94. The van der Waals surface area contributed by atoms with Crippen LogP contribution in [0.5, 0.6) is 11.5 Å². The van der Waals surface area contributed by atoms with E-state index in [1.165, 1.54) is 0 Å². The van der Waals surface area contributed by atoms with E-state index in [2.05, 4.69) is 10.2 Å². The van der Waals surface area contributed by atoms with Crippen molar-refractivity contribution >= 4 is 5.91 Å². The summed E-state index contributed by atoms with van der Waals surface area (Å²) in [6.45, 7) is 6.02. The standard InChI is InChI=1S/C27H25N3O4/c1-3-30(17-22-8-5-9-23-24(22)33-15-14-32-23)27(31)20-12-10-19(11-13-20)25-28-29-26(34-25)21-7-4-6-18(2)16-21/h4-13,16H,3,14-15,17H2,1-2H3. The highest BCUT2D eigenvalue weighted by Gasteiger charge is 2.21. The lowest BCUT2D eigenvalue weighted by atomic mass is 10.1. The van der Waals surface area contributed by atoms with E-state index < -0.39 is 0 Å². The largest absolute Gasteiger partial charge is 0.486 e. The lowest BCUT2D eigenvalue weighted by Gasteiger charge is -2.25. The summed E-state index contributed by atoms with van der Waals surface area (Å²) in [5.41, 5.74) is 4.27. The van der Waals surface area contributed by atoms with Gasteiger partial charge < -0.3 is 18.8 Å². The molecule has 0 bridgehead atoms. The van der Waals surface area contributed by atoms with Crippen LogP contribution in [0.3, 0.4) is 0 Å². The molecule has 7 nitrogen and oxygen atoms in total. The first-order chi connectivity index (χ1) is 16.6. The molecular formula is C27H25N3O4. The Morgan fingerprint density at radius 3 is 2.41 bits per heavy atom. The SMILES string of the molecule is CCN(Cc1cccc2c1OCCO2)C(=O)c1ccc(-c2nnc(-c3cccc(C)c3)o2)cc1. The van der Waals surface area contributed by atoms with E-state index in [9.17, 15) is 4.79 Å². The maximum absolute atomic E-state index is 13.2. The number of amides is 1. The Kier molecular flexibility index (Phi) is 5.99. The average Bonchev–Trinajstić information content (AvgIpc) is 3.37. The molecule has 0 saturated heterocycles. The third-order valence-corrected chi connectivity index (χ3v) is 5.75. The number of rotatable bonds is 6. The van der Waals surface area contributed by atoms with Crippen molar-refractivity contribution in [2.75, 3.05) is 19.8 Å². The molecule has 5 rings (SSSR count). The first kappa shape index (κ1) is 21.7. The molecule has 1 aliphatic rings. The summed E-state index contributed by atoms with van der Waals surface area (Å²) < 4.78 is 17.3. The fourth-order valence-electron chi connectivity index (χ4n) is 3.96. The average molecular weight is 456 g/mol. The molecule has 2 heterocycles. The van der Waals surface area contributed by atoms with Crippen LogP contribution < -0.4 is 9.47 Å². The predicted molar refractivity (Wildman–Crippen MR) is 128 cm³/mol. The fourth-order valence-corrected chi connectivity index (χ4v) is 3.96. The number of nitrogens with zero attached hydrogens (tertiary/aromatic N) is 3. The maximum atomic E-state index is 13.2. The summed E-state index contributed by atoms with van der Waals surface area (Å²) in [6.07, 6.45) is 0. The van der Waals surface area contributed by atoms with Crippen molar-refractivity contribution in [2.24, 2.45) is 0 Å². The topological polar surface area (TPSA) is 77.7 Å². The van der Waals surface area contributed by atoms with E-state index in [1.807, 2.05) is 68.4 Å². The first-order valence-corrected chi connectivity index (χ1v) is 11.3. The normalized spacial score (nSPS) is 12.4. The van der Waals surface area contributed by atoms with Crippen molar-refractivity contribution in [1.82, 2.24) is 15.1 Å². The van der Waals surface area contributed by atoms with Gasteiger partial charge in [0.2, 0.25) is 11.8 Å². The van der Waals surface area contributed by atoms with Gasteiger partial charge in [-0.1, -0.05) is 29.8 Å². The van der Waals surface area contributed by atoms with E-state index in [0.29, 0.717) is 43.6 Å². The van der Waals surface area contributed by atoms with Gasteiger partial charge in [0.1, 0.15) is 13.2 Å². The molecule has 0 aliphatic carbocycles. The van der Waals surface area contributed by atoms with Crippen molar-refractivity contribution < 1.29 is 18.7 Å². The number of benzene rings is 3. The Balaban J connectivity index is 1.32.